The van der Waals surface area contributed by atoms with Crippen LogP contribution in [0.2, 0.25) is 0 Å². The van der Waals surface area contributed by atoms with Gasteiger partial charge >= 0.3 is 0 Å². The minimum Gasteiger partial charge on any atom is -0.423 e. The maximum absolute atomic E-state index is 13.1. The standard InChI is InChI=1S/C19H20N4O3/c1-12(2)17-21-22-18(26-17)16-11-25-9-8-23(16)19(24)14-5-6-15-13(10-14)4-3-7-20-15/h3-7,10,12,16H,8-9,11H2,1-2H3. The van der Waals surface area contributed by atoms with Crippen molar-refractivity contribution in [3.05, 3.63) is 53.9 Å². The van der Waals surface area contributed by atoms with E-state index in [1.54, 1.807) is 17.2 Å². The summed E-state index contributed by atoms with van der Waals surface area (Å²) >= 11 is 0. The smallest absolute Gasteiger partial charge is 0.254 e. The fourth-order valence-electron chi connectivity index (χ4n) is 3.04. The van der Waals surface area contributed by atoms with Crippen molar-refractivity contribution in [1.82, 2.24) is 20.1 Å². The van der Waals surface area contributed by atoms with Crippen LogP contribution >= 0.6 is 0 Å². The molecular weight excluding hydrogens is 332 g/mol. The minimum atomic E-state index is -0.374. The Labute approximate surface area is 151 Å². The van der Waals surface area contributed by atoms with Crippen LogP contribution in [0.3, 0.4) is 0 Å². The minimum absolute atomic E-state index is 0.0756. The van der Waals surface area contributed by atoms with Crippen LogP contribution in [0.4, 0.5) is 0 Å². The summed E-state index contributed by atoms with van der Waals surface area (Å²) in [7, 11) is 0. The van der Waals surface area contributed by atoms with E-state index in [1.807, 2.05) is 38.1 Å². The Morgan fingerprint density at radius 3 is 2.96 bits per heavy atom. The van der Waals surface area contributed by atoms with Gasteiger partial charge in [0, 0.05) is 29.6 Å². The van der Waals surface area contributed by atoms with Crippen LogP contribution in [-0.2, 0) is 4.74 Å². The summed E-state index contributed by atoms with van der Waals surface area (Å²) in [5.41, 5.74) is 1.47. The lowest BCUT2D eigenvalue weighted by atomic mass is 10.1. The van der Waals surface area contributed by atoms with Crippen molar-refractivity contribution in [1.29, 1.82) is 0 Å². The van der Waals surface area contributed by atoms with Crippen LogP contribution in [0.1, 0.15) is 47.9 Å². The Bertz CT molecular complexity index is 937. The van der Waals surface area contributed by atoms with Crippen molar-refractivity contribution in [2.45, 2.75) is 25.8 Å². The third-order valence-corrected chi connectivity index (χ3v) is 4.47. The first kappa shape index (κ1) is 16.7. The molecular formula is C19H20N4O3. The first-order valence-electron chi connectivity index (χ1n) is 8.70. The summed E-state index contributed by atoms with van der Waals surface area (Å²) in [6, 6.07) is 8.97. The average molecular weight is 352 g/mol. The SMILES string of the molecule is CC(C)c1nnc(C2COCCN2C(=O)c2ccc3ncccc3c2)o1. The Kier molecular flexibility index (Phi) is 4.38. The number of hydrogen-bond donors (Lipinski definition) is 0. The molecule has 1 aromatic carbocycles. The van der Waals surface area contributed by atoms with Gasteiger partial charge in [-0.25, -0.2) is 0 Å². The van der Waals surface area contributed by atoms with Gasteiger partial charge in [0.1, 0.15) is 6.04 Å². The fourth-order valence-corrected chi connectivity index (χ4v) is 3.04. The second-order valence-corrected chi connectivity index (χ2v) is 6.63. The summed E-state index contributed by atoms with van der Waals surface area (Å²) in [6.45, 7) is 5.29. The summed E-state index contributed by atoms with van der Waals surface area (Å²) in [5, 5.41) is 9.15. The Hall–Kier alpha value is -2.80. The highest BCUT2D eigenvalue weighted by molar-refractivity contribution is 5.98. The van der Waals surface area contributed by atoms with Crippen LogP contribution in [-0.4, -0.2) is 45.7 Å². The highest BCUT2D eigenvalue weighted by Crippen LogP contribution is 2.27. The van der Waals surface area contributed by atoms with Gasteiger partial charge < -0.3 is 14.1 Å². The molecule has 0 bridgehead atoms. The molecule has 4 rings (SSSR count). The lowest BCUT2D eigenvalue weighted by Crippen LogP contribution is -2.43. The Morgan fingerprint density at radius 2 is 2.15 bits per heavy atom. The molecule has 0 aliphatic carbocycles. The van der Waals surface area contributed by atoms with Gasteiger partial charge in [-0.2, -0.15) is 0 Å². The van der Waals surface area contributed by atoms with Gasteiger partial charge in [-0.05, 0) is 24.3 Å². The van der Waals surface area contributed by atoms with Crippen molar-refractivity contribution in [2.75, 3.05) is 19.8 Å². The van der Waals surface area contributed by atoms with E-state index in [2.05, 4.69) is 15.2 Å². The number of hydrogen-bond acceptors (Lipinski definition) is 6. The number of carbonyl (C=O) groups is 1. The van der Waals surface area contributed by atoms with Gasteiger partial charge in [0.2, 0.25) is 11.8 Å². The van der Waals surface area contributed by atoms with Gasteiger partial charge in [-0.3, -0.25) is 9.78 Å². The first-order chi connectivity index (χ1) is 12.6. The second-order valence-electron chi connectivity index (χ2n) is 6.63. The zero-order valence-corrected chi connectivity index (χ0v) is 14.8. The zero-order valence-electron chi connectivity index (χ0n) is 14.8. The Balaban J connectivity index is 1.64. The number of rotatable bonds is 3. The summed E-state index contributed by atoms with van der Waals surface area (Å²) in [4.78, 5) is 19.2. The number of fused-ring (bicyclic) bond motifs is 1. The number of benzene rings is 1. The zero-order chi connectivity index (χ0) is 18.1. The van der Waals surface area contributed by atoms with Crippen molar-refractivity contribution < 1.29 is 13.9 Å². The number of amides is 1. The van der Waals surface area contributed by atoms with Crippen molar-refractivity contribution in [3.8, 4) is 0 Å². The van der Waals surface area contributed by atoms with Crippen LogP contribution in [0.5, 0.6) is 0 Å². The molecule has 1 atom stereocenters. The van der Waals surface area contributed by atoms with E-state index < -0.39 is 0 Å². The molecule has 1 unspecified atom stereocenters. The lowest BCUT2D eigenvalue weighted by Gasteiger charge is -2.33. The average Bonchev–Trinajstić information content (AvgIpc) is 3.17. The van der Waals surface area contributed by atoms with Crippen molar-refractivity contribution in [3.63, 3.8) is 0 Å². The van der Waals surface area contributed by atoms with Crippen molar-refractivity contribution >= 4 is 16.8 Å². The second kappa shape index (κ2) is 6.84. The number of morpholine rings is 1. The predicted octanol–water partition coefficient (Wildman–Crippen LogP) is 2.95. The van der Waals surface area contributed by atoms with E-state index in [0.29, 0.717) is 37.1 Å². The number of nitrogens with zero attached hydrogens (tertiary/aromatic N) is 4. The van der Waals surface area contributed by atoms with Gasteiger partial charge in [0.05, 0.1) is 18.7 Å². The van der Waals surface area contributed by atoms with Crippen LogP contribution in [0.25, 0.3) is 10.9 Å². The fraction of sp³-hybridized carbons (Fsp3) is 0.368. The number of aromatic nitrogens is 3. The Morgan fingerprint density at radius 1 is 1.27 bits per heavy atom. The topological polar surface area (TPSA) is 81.4 Å². The van der Waals surface area contributed by atoms with E-state index in [9.17, 15) is 4.79 Å². The first-order valence-corrected chi connectivity index (χ1v) is 8.70. The molecule has 1 aliphatic heterocycles. The molecule has 3 heterocycles. The molecule has 7 heteroatoms. The maximum Gasteiger partial charge on any atom is 0.254 e. The van der Waals surface area contributed by atoms with Crippen LogP contribution < -0.4 is 0 Å². The number of ether oxygens (including phenoxy) is 1. The third kappa shape index (κ3) is 3.06. The molecule has 3 aromatic rings. The molecule has 0 saturated carbocycles. The summed E-state index contributed by atoms with van der Waals surface area (Å²) in [6.07, 6.45) is 1.74. The largest absolute Gasteiger partial charge is 0.423 e. The molecule has 1 saturated heterocycles. The highest BCUT2D eigenvalue weighted by Gasteiger charge is 2.33. The highest BCUT2D eigenvalue weighted by atomic mass is 16.5. The monoisotopic (exact) mass is 352 g/mol. The van der Waals surface area contributed by atoms with E-state index in [4.69, 9.17) is 9.15 Å². The quantitative estimate of drug-likeness (QED) is 0.721. The van der Waals surface area contributed by atoms with Crippen LogP contribution in [0, 0.1) is 0 Å². The number of pyridine rings is 1. The summed E-state index contributed by atoms with van der Waals surface area (Å²) < 4.78 is 11.3. The van der Waals surface area contributed by atoms with Gasteiger partial charge in [0.25, 0.3) is 5.91 Å². The molecule has 26 heavy (non-hydrogen) atoms. The van der Waals surface area contributed by atoms with Gasteiger partial charge in [-0.1, -0.05) is 19.9 Å². The normalized spacial score (nSPS) is 17.8. The third-order valence-electron chi connectivity index (χ3n) is 4.47. The molecule has 1 fully saturated rings. The van der Waals surface area contributed by atoms with Gasteiger partial charge in [-0.15, -0.1) is 10.2 Å². The molecule has 1 amide bonds. The molecule has 134 valence electrons. The molecule has 7 nitrogen and oxygen atoms in total. The van der Waals surface area contributed by atoms with E-state index in [0.717, 1.165) is 10.9 Å². The molecule has 2 aromatic heterocycles. The molecule has 0 spiro atoms. The van der Waals surface area contributed by atoms with E-state index >= 15 is 0 Å². The van der Waals surface area contributed by atoms with Crippen molar-refractivity contribution in [2.24, 2.45) is 0 Å². The predicted molar refractivity (Wildman–Crippen MR) is 94.7 cm³/mol. The molecule has 1 aliphatic rings. The molecule has 0 N–H and O–H groups in total. The maximum atomic E-state index is 13.1. The van der Waals surface area contributed by atoms with Gasteiger partial charge in [0.15, 0.2) is 0 Å². The van der Waals surface area contributed by atoms with E-state index in [-0.39, 0.29) is 17.9 Å². The molecule has 0 radical (unpaired) electrons. The number of carbonyl (C=O) groups excluding carboxylic acids is 1. The van der Waals surface area contributed by atoms with Crippen LogP contribution in [0.15, 0.2) is 40.9 Å². The lowest BCUT2D eigenvalue weighted by molar-refractivity contribution is -0.0107. The summed E-state index contributed by atoms with van der Waals surface area (Å²) in [5.74, 6) is 1.05. The van der Waals surface area contributed by atoms with E-state index in [1.165, 1.54) is 0 Å².